The zero-order valence-electron chi connectivity index (χ0n) is 16.7. The number of ether oxygens (including phenoxy) is 1. The van der Waals surface area contributed by atoms with Gasteiger partial charge in [0, 0.05) is 18.1 Å². The number of aryl methyl sites for hydroxylation is 2. The minimum atomic E-state index is -3.54. The molecule has 0 radical (unpaired) electrons. The Balaban J connectivity index is 1.99. The average Bonchev–Trinajstić information content (AvgIpc) is 2.60. The van der Waals surface area contributed by atoms with Gasteiger partial charge in [0.2, 0.25) is 10.0 Å². The third-order valence-corrected chi connectivity index (χ3v) is 6.96. The maximum absolute atomic E-state index is 12.7. The van der Waals surface area contributed by atoms with E-state index in [-0.39, 0.29) is 5.92 Å². The summed E-state index contributed by atoms with van der Waals surface area (Å²) in [7, 11) is -1.93. The molecule has 148 valence electrons. The van der Waals surface area contributed by atoms with E-state index < -0.39 is 10.0 Å². The standard InChI is InChI=1S/C21H29NO3S2/c1-15(2)19-13-21(17(4)12-20(19)25-5)27(23,24)22-9-10-26-14-18-8-6-7-16(3)11-18/h6-8,11-13,15,22H,9-10,14H2,1-5H3. The van der Waals surface area contributed by atoms with Crippen molar-refractivity contribution in [2.45, 2.75) is 44.3 Å². The van der Waals surface area contributed by atoms with Crippen LogP contribution in [0, 0.1) is 13.8 Å². The fourth-order valence-electron chi connectivity index (χ4n) is 2.91. The van der Waals surface area contributed by atoms with Crippen LogP contribution in [0.2, 0.25) is 0 Å². The number of thioether (sulfide) groups is 1. The van der Waals surface area contributed by atoms with Crippen molar-refractivity contribution >= 4 is 21.8 Å². The van der Waals surface area contributed by atoms with Crippen molar-refractivity contribution in [1.29, 1.82) is 0 Å². The van der Waals surface area contributed by atoms with Crippen molar-refractivity contribution in [3.05, 3.63) is 58.7 Å². The van der Waals surface area contributed by atoms with E-state index >= 15 is 0 Å². The number of hydrogen-bond donors (Lipinski definition) is 1. The molecule has 0 aliphatic rings. The number of methoxy groups -OCH3 is 1. The lowest BCUT2D eigenvalue weighted by Gasteiger charge is -2.16. The van der Waals surface area contributed by atoms with E-state index in [9.17, 15) is 8.42 Å². The number of benzene rings is 2. The SMILES string of the molecule is COc1cc(C)c(S(=O)(=O)NCCSCc2cccc(C)c2)cc1C(C)C. The minimum Gasteiger partial charge on any atom is -0.496 e. The van der Waals surface area contributed by atoms with Gasteiger partial charge in [-0.25, -0.2) is 13.1 Å². The van der Waals surface area contributed by atoms with E-state index in [2.05, 4.69) is 29.8 Å². The van der Waals surface area contributed by atoms with Crippen molar-refractivity contribution in [2.24, 2.45) is 0 Å². The summed E-state index contributed by atoms with van der Waals surface area (Å²) in [5, 5.41) is 0. The maximum Gasteiger partial charge on any atom is 0.240 e. The number of rotatable bonds is 9. The second kappa shape index (κ2) is 9.62. The summed E-state index contributed by atoms with van der Waals surface area (Å²) in [4.78, 5) is 0.329. The van der Waals surface area contributed by atoms with Gasteiger partial charge in [-0.05, 0) is 48.6 Å². The summed E-state index contributed by atoms with van der Waals surface area (Å²) < 4.78 is 33.6. The Kier molecular flexibility index (Phi) is 7.77. The normalized spacial score (nSPS) is 11.8. The minimum absolute atomic E-state index is 0.180. The molecule has 0 heterocycles. The molecule has 0 unspecified atom stereocenters. The van der Waals surface area contributed by atoms with E-state index in [1.54, 1.807) is 37.9 Å². The van der Waals surface area contributed by atoms with Gasteiger partial charge in [0.25, 0.3) is 0 Å². The van der Waals surface area contributed by atoms with E-state index in [0.717, 1.165) is 22.8 Å². The molecule has 27 heavy (non-hydrogen) atoms. The Morgan fingerprint density at radius 3 is 2.52 bits per heavy atom. The van der Waals surface area contributed by atoms with Crippen LogP contribution < -0.4 is 9.46 Å². The van der Waals surface area contributed by atoms with Crippen LogP contribution in [0.15, 0.2) is 41.3 Å². The summed E-state index contributed by atoms with van der Waals surface area (Å²) in [6.45, 7) is 8.33. The summed E-state index contributed by atoms with van der Waals surface area (Å²) in [6, 6.07) is 11.9. The van der Waals surface area contributed by atoms with Crippen LogP contribution in [0.3, 0.4) is 0 Å². The molecule has 2 rings (SSSR count). The fraction of sp³-hybridized carbons (Fsp3) is 0.429. The second-order valence-corrected chi connectivity index (χ2v) is 9.79. The van der Waals surface area contributed by atoms with Crippen LogP contribution in [0.1, 0.15) is 42.0 Å². The van der Waals surface area contributed by atoms with E-state index in [1.165, 1.54) is 11.1 Å². The summed E-state index contributed by atoms with van der Waals surface area (Å²) >= 11 is 1.72. The average molecular weight is 408 g/mol. The highest BCUT2D eigenvalue weighted by Gasteiger charge is 2.20. The van der Waals surface area contributed by atoms with Gasteiger partial charge in [0.1, 0.15) is 5.75 Å². The zero-order valence-corrected chi connectivity index (χ0v) is 18.3. The summed E-state index contributed by atoms with van der Waals surface area (Å²) in [5.74, 6) is 2.51. The molecule has 0 saturated heterocycles. The zero-order chi connectivity index (χ0) is 20.0. The fourth-order valence-corrected chi connectivity index (χ4v) is 5.14. The molecule has 0 aliphatic carbocycles. The number of hydrogen-bond acceptors (Lipinski definition) is 4. The molecule has 0 bridgehead atoms. The third-order valence-electron chi connectivity index (χ3n) is 4.33. The largest absolute Gasteiger partial charge is 0.496 e. The first-order chi connectivity index (χ1) is 12.7. The molecule has 0 saturated carbocycles. The molecule has 0 atom stereocenters. The van der Waals surface area contributed by atoms with E-state index in [0.29, 0.717) is 17.0 Å². The Labute approximate surface area is 167 Å². The van der Waals surface area contributed by atoms with Gasteiger partial charge >= 0.3 is 0 Å². The topological polar surface area (TPSA) is 55.4 Å². The van der Waals surface area contributed by atoms with E-state index in [1.807, 2.05) is 19.9 Å². The molecule has 0 aliphatic heterocycles. The quantitative estimate of drug-likeness (QED) is 0.615. The van der Waals surface area contributed by atoms with Crippen molar-refractivity contribution in [1.82, 2.24) is 4.72 Å². The first-order valence-corrected chi connectivity index (χ1v) is 11.7. The Morgan fingerprint density at radius 1 is 1.15 bits per heavy atom. The Morgan fingerprint density at radius 2 is 1.89 bits per heavy atom. The van der Waals surface area contributed by atoms with Crippen molar-refractivity contribution in [3.63, 3.8) is 0 Å². The first kappa shape index (κ1) is 21.8. The van der Waals surface area contributed by atoms with Gasteiger partial charge in [-0.3, -0.25) is 0 Å². The lowest BCUT2D eigenvalue weighted by atomic mass is 10.0. The lowest BCUT2D eigenvalue weighted by Crippen LogP contribution is -2.27. The molecule has 4 nitrogen and oxygen atoms in total. The highest BCUT2D eigenvalue weighted by molar-refractivity contribution is 7.98. The van der Waals surface area contributed by atoms with Gasteiger partial charge in [-0.2, -0.15) is 11.8 Å². The van der Waals surface area contributed by atoms with Crippen LogP contribution in [0.25, 0.3) is 0 Å². The molecule has 0 amide bonds. The molecule has 0 aromatic heterocycles. The highest BCUT2D eigenvalue weighted by atomic mass is 32.2. The van der Waals surface area contributed by atoms with Crippen LogP contribution in [0.5, 0.6) is 5.75 Å². The Bertz CT molecular complexity index is 877. The molecule has 0 fully saturated rings. The van der Waals surface area contributed by atoms with Crippen molar-refractivity contribution in [3.8, 4) is 5.75 Å². The predicted molar refractivity (Wildman–Crippen MR) is 114 cm³/mol. The summed E-state index contributed by atoms with van der Waals surface area (Å²) in [6.07, 6.45) is 0. The van der Waals surface area contributed by atoms with Gasteiger partial charge in [-0.15, -0.1) is 0 Å². The monoisotopic (exact) mass is 407 g/mol. The first-order valence-electron chi connectivity index (χ1n) is 9.06. The van der Waals surface area contributed by atoms with Gasteiger partial charge in [0.05, 0.1) is 12.0 Å². The van der Waals surface area contributed by atoms with Gasteiger partial charge < -0.3 is 4.74 Å². The predicted octanol–water partition coefficient (Wildman–Crippen LogP) is 4.65. The van der Waals surface area contributed by atoms with Crippen LogP contribution in [0.4, 0.5) is 0 Å². The molecular formula is C21H29NO3S2. The third kappa shape index (κ3) is 5.99. The molecular weight excluding hydrogens is 378 g/mol. The molecule has 2 aromatic rings. The van der Waals surface area contributed by atoms with Crippen molar-refractivity contribution in [2.75, 3.05) is 19.4 Å². The smallest absolute Gasteiger partial charge is 0.240 e. The number of nitrogens with one attached hydrogen (secondary N) is 1. The highest BCUT2D eigenvalue weighted by Crippen LogP contribution is 2.31. The number of sulfonamides is 1. The van der Waals surface area contributed by atoms with Crippen molar-refractivity contribution < 1.29 is 13.2 Å². The van der Waals surface area contributed by atoms with Crippen LogP contribution >= 0.6 is 11.8 Å². The lowest BCUT2D eigenvalue weighted by molar-refractivity contribution is 0.406. The van der Waals surface area contributed by atoms with Gasteiger partial charge in [0.15, 0.2) is 0 Å². The molecule has 1 N–H and O–H groups in total. The maximum atomic E-state index is 12.7. The van der Waals surface area contributed by atoms with Crippen LogP contribution in [-0.4, -0.2) is 27.8 Å². The molecule has 6 heteroatoms. The molecule has 0 spiro atoms. The summed E-state index contributed by atoms with van der Waals surface area (Å²) in [5.41, 5.74) is 4.09. The van der Waals surface area contributed by atoms with Gasteiger partial charge in [-0.1, -0.05) is 43.7 Å². The Hall–Kier alpha value is -1.50. The molecule has 2 aromatic carbocycles. The van der Waals surface area contributed by atoms with E-state index in [4.69, 9.17) is 4.74 Å². The second-order valence-electron chi connectivity index (χ2n) is 6.95. The van der Waals surface area contributed by atoms with Crippen LogP contribution in [-0.2, 0) is 15.8 Å².